The van der Waals surface area contributed by atoms with Crippen LogP contribution in [0.5, 0.6) is 0 Å². The van der Waals surface area contributed by atoms with Gasteiger partial charge in [0.25, 0.3) is 0 Å². The van der Waals surface area contributed by atoms with Gasteiger partial charge in [0.05, 0.1) is 52.7 Å². The SMILES string of the molecule is CC(C)(C)n1cc(C(=O)CBr)cn1.CCC1=C(C)C=NC1.CCc1c(C)cnn1CC(=O)c1cnn(C(C)(C)C)c1.O=C=O.O=C=O. The Morgan fingerprint density at radius 3 is 1.57 bits per heavy atom. The number of allylic oxidation sites excluding steroid dienone is 1. The van der Waals surface area contributed by atoms with Gasteiger partial charge in [-0.3, -0.25) is 28.6 Å². The molecule has 0 amide bonds. The average molecular weight is 717 g/mol. The van der Waals surface area contributed by atoms with Crippen LogP contribution in [0.25, 0.3) is 0 Å². The van der Waals surface area contributed by atoms with E-state index in [0.29, 0.717) is 16.5 Å². The molecule has 0 atom stereocenters. The van der Waals surface area contributed by atoms with Crippen LogP contribution >= 0.6 is 15.9 Å². The fourth-order valence-corrected chi connectivity index (χ4v) is 4.30. The topological polar surface area (TPSA) is 168 Å². The molecule has 3 aromatic rings. The lowest BCUT2D eigenvalue weighted by Crippen LogP contribution is -2.22. The number of carbonyl (C=O) groups is 2. The number of aromatic nitrogens is 6. The molecule has 0 saturated heterocycles. The standard InChI is InChI=1S/C15H22N4O.C9H13BrN2O.C7H11N.2CO2/c1-6-13-11(2)7-16-18(13)10-14(20)12-8-17-19(9-12)15(3,4)5;1-9(2,3)12-6-7(5-11-12)8(13)4-10;1-3-7-5-8-4-6(7)2;2*2-1-3/h7-9H,6,10H2,1-5H3;5-6H,4H2,1-3H3;4H,3,5H2,1-2H3;;. The van der Waals surface area contributed by atoms with Gasteiger partial charge in [0.1, 0.15) is 6.54 Å². The van der Waals surface area contributed by atoms with Crippen LogP contribution in [-0.2, 0) is 43.2 Å². The summed E-state index contributed by atoms with van der Waals surface area (Å²) in [4.78, 5) is 60.2. The second-order valence-corrected chi connectivity index (χ2v) is 12.8. The minimum Gasteiger partial charge on any atom is -0.293 e. The molecule has 0 spiro atoms. The zero-order chi connectivity index (χ0) is 36.4. The van der Waals surface area contributed by atoms with Crippen molar-refractivity contribution in [1.29, 1.82) is 0 Å². The maximum absolute atomic E-state index is 12.3. The van der Waals surface area contributed by atoms with E-state index < -0.39 is 0 Å². The Balaban J connectivity index is 0.000000670. The van der Waals surface area contributed by atoms with E-state index in [1.807, 2.05) is 51.0 Å². The summed E-state index contributed by atoms with van der Waals surface area (Å²) in [6.45, 7) is 21.9. The molecule has 3 aromatic heterocycles. The molecule has 47 heavy (non-hydrogen) atoms. The highest BCUT2D eigenvalue weighted by molar-refractivity contribution is 9.09. The van der Waals surface area contributed by atoms with Crippen molar-refractivity contribution in [3.8, 4) is 0 Å². The highest BCUT2D eigenvalue weighted by Gasteiger charge is 2.18. The molecule has 1 aliphatic rings. The number of halogens is 1. The van der Waals surface area contributed by atoms with E-state index in [4.69, 9.17) is 19.2 Å². The molecular formula is C33H46BrN7O6. The fraction of sp³-hybridized carbons (Fsp3) is 0.515. The van der Waals surface area contributed by atoms with Crippen molar-refractivity contribution in [3.05, 3.63) is 64.5 Å². The van der Waals surface area contributed by atoms with Gasteiger partial charge in [-0.1, -0.05) is 29.8 Å². The quantitative estimate of drug-likeness (QED) is 0.229. The van der Waals surface area contributed by atoms with Crippen molar-refractivity contribution < 1.29 is 28.8 Å². The van der Waals surface area contributed by atoms with Crippen LogP contribution in [-0.4, -0.2) is 71.3 Å². The minimum absolute atomic E-state index is 0.0401. The van der Waals surface area contributed by atoms with Gasteiger partial charge in [0, 0.05) is 24.3 Å². The third kappa shape index (κ3) is 14.7. The molecule has 4 heterocycles. The van der Waals surface area contributed by atoms with E-state index in [9.17, 15) is 9.59 Å². The Labute approximate surface area is 284 Å². The van der Waals surface area contributed by atoms with E-state index in [2.05, 4.69) is 77.8 Å². The molecule has 4 rings (SSSR count). The molecule has 0 aromatic carbocycles. The van der Waals surface area contributed by atoms with Crippen LogP contribution in [0.3, 0.4) is 0 Å². The molecular weight excluding hydrogens is 670 g/mol. The molecule has 14 heteroatoms. The molecule has 13 nitrogen and oxygen atoms in total. The number of rotatable bonds is 7. The second-order valence-electron chi connectivity index (χ2n) is 12.2. The number of Topliss-reactive ketones (excluding diaryl/α,β-unsaturated/α-hetero) is 2. The summed E-state index contributed by atoms with van der Waals surface area (Å²) in [5.41, 5.74) is 6.21. The van der Waals surface area contributed by atoms with Gasteiger partial charge >= 0.3 is 12.3 Å². The second kappa shape index (κ2) is 20.7. The predicted molar refractivity (Wildman–Crippen MR) is 180 cm³/mol. The highest BCUT2D eigenvalue weighted by Crippen LogP contribution is 2.16. The van der Waals surface area contributed by atoms with E-state index in [1.165, 1.54) is 11.1 Å². The number of alkyl halides is 1. The third-order valence-corrected chi connectivity index (χ3v) is 7.15. The summed E-state index contributed by atoms with van der Waals surface area (Å²) in [6, 6.07) is 0. The zero-order valence-electron chi connectivity index (χ0n) is 29.0. The van der Waals surface area contributed by atoms with Crippen LogP contribution in [0.4, 0.5) is 0 Å². The number of aliphatic imine (C=N–C) groups is 1. The number of hydrogen-bond acceptors (Lipinski definition) is 10. The number of carbonyl (C=O) groups excluding carboxylic acids is 6. The molecule has 0 fully saturated rings. The van der Waals surface area contributed by atoms with E-state index in [-0.39, 0.29) is 41.5 Å². The summed E-state index contributed by atoms with van der Waals surface area (Å²) >= 11 is 3.12. The van der Waals surface area contributed by atoms with Gasteiger partial charge in [0.2, 0.25) is 0 Å². The summed E-state index contributed by atoms with van der Waals surface area (Å²) in [7, 11) is 0. The molecule has 0 aliphatic carbocycles. The molecule has 0 unspecified atom stereocenters. The van der Waals surface area contributed by atoms with Gasteiger partial charge in [-0.05, 0) is 84.9 Å². The van der Waals surface area contributed by atoms with Crippen molar-refractivity contribution >= 4 is 46.0 Å². The summed E-state index contributed by atoms with van der Waals surface area (Å²) in [5.74, 6) is 0.105. The third-order valence-electron chi connectivity index (χ3n) is 6.64. The van der Waals surface area contributed by atoms with Crippen molar-refractivity contribution in [1.82, 2.24) is 29.3 Å². The van der Waals surface area contributed by atoms with Crippen LogP contribution in [0.1, 0.15) is 101 Å². The van der Waals surface area contributed by atoms with E-state index in [1.54, 1.807) is 28.0 Å². The number of ketones is 2. The Kier molecular flexibility index (Phi) is 18.8. The summed E-state index contributed by atoms with van der Waals surface area (Å²) < 4.78 is 5.39. The molecule has 0 bridgehead atoms. The largest absolute Gasteiger partial charge is 0.373 e. The maximum Gasteiger partial charge on any atom is 0.373 e. The normalized spacial score (nSPS) is 11.7. The first-order valence-electron chi connectivity index (χ1n) is 14.9. The minimum atomic E-state index is -0.116. The Bertz CT molecular complexity index is 1560. The van der Waals surface area contributed by atoms with Gasteiger partial charge in [-0.25, -0.2) is 0 Å². The summed E-state index contributed by atoms with van der Waals surface area (Å²) in [6.07, 6.45) is 13.1. The molecule has 1 aliphatic heterocycles. The van der Waals surface area contributed by atoms with E-state index >= 15 is 0 Å². The first kappa shape index (κ1) is 42.6. The lowest BCUT2D eigenvalue weighted by atomic mass is 10.1. The van der Waals surface area contributed by atoms with Crippen molar-refractivity contribution in [2.45, 2.75) is 99.7 Å². The van der Waals surface area contributed by atoms with E-state index in [0.717, 1.165) is 30.6 Å². The highest BCUT2D eigenvalue weighted by atomic mass is 79.9. The smallest absolute Gasteiger partial charge is 0.293 e. The zero-order valence-corrected chi connectivity index (χ0v) is 30.5. The fourth-order valence-electron chi connectivity index (χ4n) is 3.97. The average Bonchev–Trinajstić information content (AvgIpc) is 3.81. The number of aryl methyl sites for hydroxylation is 1. The maximum atomic E-state index is 12.3. The van der Waals surface area contributed by atoms with Crippen LogP contribution < -0.4 is 0 Å². The summed E-state index contributed by atoms with van der Waals surface area (Å²) in [5, 5.41) is 13.0. The molecule has 0 radical (unpaired) electrons. The van der Waals surface area contributed by atoms with Crippen molar-refractivity contribution in [2.24, 2.45) is 4.99 Å². The predicted octanol–water partition coefficient (Wildman–Crippen LogP) is 5.43. The van der Waals surface area contributed by atoms with Gasteiger partial charge in [0.15, 0.2) is 11.6 Å². The van der Waals surface area contributed by atoms with Crippen molar-refractivity contribution in [3.63, 3.8) is 0 Å². The number of nitrogens with zero attached hydrogens (tertiary/aromatic N) is 7. The molecule has 256 valence electrons. The first-order chi connectivity index (χ1) is 21.9. The Hall–Kier alpha value is -4.38. The van der Waals surface area contributed by atoms with Crippen LogP contribution in [0.2, 0.25) is 0 Å². The molecule has 0 saturated carbocycles. The van der Waals surface area contributed by atoms with Gasteiger partial charge < -0.3 is 0 Å². The van der Waals surface area contributed by atoms with Crippen molar-refractivity contribution in [2.75, 3.05) is 11.9 Å². The Morgan fingerprint density at radius 1 is 0.787 bits per heavy atom. The number of hydrogen-bond donors (Lipinski definition) is 0. The van der Waals surface area contributed by atoms with Crippen LogP contribution in [0.15, 0.2) is 47.1 Å². The molecule has 0 N–H and O–H groups in total. The van der Waals surface area contributed by atoms with Gasteiger partial charge in [-0.15, -0.1) is 0 Å². The van der Waals surface area contributed by atoms with Gasteiger partial charge in [-0.2, -0.15) is 34.5 Å². The lowest BCUT2D eigenvalue weighted by molar-refractivity contribution is -0.193. The lowest BCUT2D eigenvalue weighted by Gasteiger charge is -2.18. The monoisotopic (exact) mass is 715 g/mol. The Morgan fingerprint density at radius 2 is 1.26 bits per heavy atom. The first-order valence-corrected chi connectivity index (χ1v) is 16.0. The van der Waals surface area contributed by atoms with Crippen LogP contribution in [0, 0.1) is 6.92 Å².